The number of ether oxygens (including phenoxy) is 1. The van der Waals surface area contributed by atoms with Crippen molar-refractivity contribution in [2.24, 2.45) is 4.99 Å². The van der Waals surface area contributed by atoms with Gasteiger partial charge >= 0.3 is 5.97 Å². The lowest BCUT2D eigenvalue weighted by molar-refractivity contribution is -0.139. The molecule has 2 aromatic carbocycles. The van der Waals surface area contributed by atoms with Crippen LogP contribution in [0.3, 0.4) is 0 Å². The van der Waals surface area contributed by atoms with E-state index in [1.54, 1.807) is 18.4 Å². The molecule has 0 aliphatic carbocycles. The fraction of sp³-hybridized carbons (Fsp3) is 0.240. The number of rotatable bonds is 4. The molecule has 0 saturated heterocycles. The first-order valence-corrected chi connectivity index (χ1v) is 11.0. The smallest absolute Gasteiger partial charge is 0.338 e. The molecule has 1 aliphatic rings. The Morgan fingerprint density at radius 1 is 1.06 bits per heavy atom. The summed E-state index contributed by atoms with van der Waals surface area (Å²) < 4.78 is 7.52. The number of nitrogens with zero attached hydrogens (tertiary/aromatic N) is 2. The van der Waals surface area contributed by atoms with Gasteiger partial charge in [0, 0.05) is 0 Å². The van der Waals surface area contributed by atoms with Gasteiger partial charge in [0.05, 0.1) is 28.5 Å². The third kappa shape index (κ3) is 4.03. The summed E-state index contributed by atoms with van der Waals surface area (Å²) in [7, 11) is 0. The number of fused-ring (bicyclic) bond motifs is 1. The van der Waals surface area contributed by atoms with Gasteiger partial charge in [0.15, 0.2) is 4.80 Å². The quantitative estimate of drug-likeness (QED) is 0.594. The van der Waals surface area contributed by atoms with Gasteiger partial charge < -0.3 is 4.74 Å². The van der Waals surface area contributed by atoms with E-state index in [2.05, 4.69) is 4.99 Å². The number of carbonyl (C=O) groups is 1. The van der Waals surface area contributed by atoms with Gasteiger partial charge in [-0.1, -0.05) is 71.0 Å². The van der Waals surface area contributed by atoms with Crippen LogP contribution in [-0.2, 0) is 9.53 Å². The molecule has 0 N–H and O–H groups in total. The molecule has 4 rings (SSSR count). The molecule has 2 heterocycles. The van der Waals surface area contributed by atoms with Gasteiger partial charge in [-0.15, -0.1) is 0 Å². The van der Waals surface area contributed by atoms with Crippen molar-refractivity contribution in [2.45, 2.75) is 33.7 Å². The van der Waals surface area contributed by atoms with Crippen LogP contribution in [0.5, 0.6) is 0 Å². The Hall–Kier alpha value is -3.25. The van der Waals surface area contributed by atoms with Crippen LogP contribution in [0.4, 0.5) is 0 Å². The molecule has 158 valence electrons. The molecule has 0 unspecified atom stereocenters. The summed E-state index contributed by atoms with van der Waals surface area (Å²) in [5, 5.41) is 0. The van der Waals surface area contributed by atoms with Gasteiger partial charge in [-0.25, -0.2) is 9.79 Å². The number of carbonyl (C=O) groups excluding carboxylic acids is 1. The average Bonchev–Trinajstić information content (AvgIpc) is 3.04. The number of aromatic nitrogens is 1. The van der Waals surface area contributed by atoms with E-state index in [1.165, 1.54) is 11.3 Å². The Balaban J connectivity index is 1.94. The van der Waals surface area contributed by atoms with E-state index in [0.29, 0.717) is 20.6 Å². The molecule has 5 nitrogen and oxygen atoms in total. The lowest BCUT2D eigenvalue weighted by atomic mass is 9.95. The Kier molecular flexibility index (Phi) is 5.74. The van der Waals surface area contributed by atoms with Crippen LogP contribution in [0.1, 0.15) is 42.1 Å². The molecule has 1 aliphatic heterocycles. The minimum Gasteiger partial charge on any atom is -0.463 e. The summed E-state index contributed by atoms with van der Waals surface area (Å²) in [5.41, 5.74) is 4.88. The van der Waals surface area contributed by atoms with Gasteiger partial charge in [-0.2, -0.15) is 0 Å². The van der Waals surface area contributed by atoms with Crippen LogP contribution in [0.2, 0.25) is 0 Å². The number of esters is 1. The lowest BCUT2D eigenvalue weighted by Crippen LogP contribution is -2.39. The van der Waals surface area contributed by atoms with Crippen LogP contribution in [0.15, 0.2) is 69.6 Å². The van der Waals surface area contributed by atoms with Crippen LogP contribution >= 0.6 is 11.3 Å². The number of aryl methyl sites for hydroxylation is 2. The third-order valence-electron chi connectivity index (χ3n) is 5.29. The van der Waals surface area contributed by atoms with Gasteiger partial charge in [0.25, 0.3) is 5.56 Å². The Morgan fingerprint density at radius 2 is 1.68 bits per heavy atom. The SMILES string of the molecule is CCOC(=O)C1=C(C)N=c2sc(=Cc3ccc(C)cc3)c(=O)n2[C@H]1c1ccc(C)cc1. The summed E-state index contributed by atoms with van der Waals surface area (Å²) >= 11 is 1.34. The largest absolute Gasteiger partial charge is 0.463 e. The van der Waals surface area contributed by atoms with Crippen molar-refractivity contribution in [1.29, 1.82) is 0 Å². The fourth-order valence-electron chi connectivity index (χ4n) is 3.67. The maximum absolute atomic E-state index is 13.5. The van der Waals surface area contributed by atoms with Gasteiger partial charge in [-0.3, -0.25) is 9.36 Å². The molecule has 31 heavy (non-hydrogen) atoms. The van der Waals surface area contributed by atoms with E-state index in [4.69, 9.17) is 4.74 Å². The van der Waals surface area contributed by atoms with Crippen molar-refractivity contribution in [3.8, 4) is 0 Å². The van der Waals surface area contributed by atoms with Crippen LogP contribution in [-0.4, -0.2) is 17.1 Å². The van der Waals surface area contributed by atoms with Crippen molar-refractivity contribution in [3.05, 3.63) is 102 Å². The second kappa shape index (κ2) is 8.47. The predicted molar refractivity (Wildman–Crippen MR) is 123 cm³/mol. The van der Waals surface area contributed by atoms with E-state index in [0.717, 1.165) is 22.3 Å². The number of hydrogen-bond donors (Lipinski definition) is 0. The van der Waals surface area contributed by atoms with Crippen molar-refractivity contribution >= 4 is 23.4 Å². The monoisotopic (exact) mass is 432 g/mol. The molecule has 0 amide bonds. The molecular formula is C25H24N2O3S. The highest BCUT2D eigenvalue weighted by Gasteiger charge is 2.33. The minimum atomic E-state index is -0.573. The van der Waals surface area contributed by atoms with Gasteiger partial charge in [-0.05, 0) is 44.9 Å². The minimum absolute atomic E-state index is 0.163. The van der Waals surface area contributed by atoms with Crippen molar-refractivity contribution in [1.82, 2.24) is 4.57 Å². The zero-order valence-electron chi connectivity index (χ0n) is 18.0. The van der Waals surface area contributed by atoms with Crippen molar-refractivity contribution < 1.29 is 9.53 Å². The van der Waals surface area contributed by atoms with Crippen LogP contribution in [0.25, 0.3) is 6.08 Å². The highest BCUT2D eigenvalue weighted by Crippen LogP contribution is 2.30. The molecule has 0 saturated carbocycles. The van der Waals surface area contributed by atoms with Gasteiger partial charge in [0.2, 0.25) is 0 Å². The lowest BCUT2D eigenvalue weighted by Gasteiger charge is -2.24. The van der Waals surface area contributed by atoms with Crippen LogP contribution < -0.4 is 14.9 Å². The average molecular weight is 433 g/mol. The van der Waals surface area contributed by atoms with Gasteiger partial charge in [0.1, 0.15) is 0 Å². The number of hydrogen-bond acceptors (Lipinski definition) is 5. The molecule has 6 heteroatoms. The first-order valence-electron chi connectivity index (χ1n) is 10.2. The Labute approximate surface area is 184 Å². The molecule has 1 atom stereocenters. The molecule has 0 radical (unpaired) electrons. The molecule has 0 bridgehead atoms. The number of allylic oxidation sites excluding steroid dienone is 1. The summed E-state index contributed by atoms with van der Waals surface area (Å²) in [5.74, 6) is -0.442. The van der Waals surface area contributed by atoms with E-state index >= 15 is 0 Å². The first-order chi connectivity index (χ1) is 14.9. The Bertz CT molecular complexity index is 1340. The topological polar surface area (TPSA) is 60.7 Å². The summed E-state index contributed by atoms with van der Waals surface area (Å²) in [6.45, 7) is 7.85. The maximum Gasteiger partial charge on any atom is 0.338 e. The molecule has 1 aromatic heterocycles. The number of benzene rings is 2. The van der Waals surface area contributed by atoms with E-state index in [9.17, 15) is 9.59 Å². The van der Waals surface area contributed by atoms with E-state index in [1.807, 2.05) is 68.5 Å². The van der Waals surface area contributed by atoms with Crippen molar-refractivity contribution in [3.63, 3.8) is 0 Å². The first kappa shape index (κ1) is 21.0. The Morgan fingerprint density at radius 3 is 2.29 bits per heavy atom. The van der Waals surface area contributed by atoms with Crippen molar-refractivity contribution in [2.75, 3.05) is 6.61 Å². The highest BCUT2D eigenvalue weighted by atomic mass is 32.1. The molecule has 3 aromatic rings. The predicted octanol–water partition coefficient (Wildman–Crippen LogP) is 3.42. The summed E-state index contributed by atoms with van der Waals surface area (Å²) in [6.07, 6.45) is 1.87. The molecule has 0 spiro atoms. The third-order valence-corrected chi connectivity index (χ3v) is 6.27. The zero-order chi connectivity index (χ0) is 22.1. The highest BCUT2D eigenvalue weighted by molar-refractivity contribution is 7.07. The molecule has 0 fully saturated rings. The fourth-order valence-corrected chi connectivity index (χ4v) is 4.72. The maximum atomic E-state index is 13.5. The summed E-state index contributed by atoms with van der Waals surface area (Å²) in [6, 6.07) is 15.3. The van der Waals surface area contributed by atoms with Crippen LogP contribution in [0, 0.1) is 13.8 Å². The van der Waals surface area contributed by atoms with E-state index in [-0.39, 0.29) is 12.2 Å². The standard InChI is InChI=1S/C25H24N2O3S/c1-5-30-24(29)21-17(4)26-25-27(22(21)19-12-8-16(3)9-13-19)23(28)20(31-25)14-18-10-6-15(2)7-11-18/h6-14,22H,5H2,1-4H3/t22-/m0/s1. The second-order valence-corrected chi connectivity index (χ2v) is 8.63. The number of thiazole rings is 1. The molecular weight excluding hydrogens is 408 g/mol. The second-order valence-electron chi connectivity index (χ2n) is 7.62. The summed E-state index contributed by atoms with van der Waals surface area (Å²) in [4.78, 5) is 31.5. The zero-order valence-corrected chi connectivity index (χ0v) is 18.8. The normalized spacial score (nSPS) is 16.1. The van der Waals surface area contributed by atoms with E-state index < -0.39 is 12.0 Å².